The third kappa shape index (κ3) is 4.45. The second kappa shape index (κ2) is 8.81. The van der Waals surface area contributed by atoms with Gasteiger partial charge in [-0.05, 0) is 31.5 Å². The number of carbonyl (C=O) groups excluding carboxylic acids is 2. The first-order valence-corrected chi connectivity index (χ1v) is 10.7. The van der Waals surface area contributed by atoms with Crippen LogP contribution in [0.3, 0.4) is 0 Å². The number of ether oxygens (including phenoxy) is 1. The molecule has 6 heteroatoms. The highest BCUT2D eigenvalue weighted by molar-refractivity contribution is 7.17. The normalized spacial score (nSPS) is 13.5. The zero-order valence-electron chi connectivity index (χ0n) is 17.1. The highest BCUT2D eigenvalue weighted by Gasteiger charge is 2.28. The molecule has 0 aliphatic carbocycles. The van der Waals surface area contributed by atoms with Crippen molar-refractivity contribution in [2.24, 2.45) is 0 Å². The fraction of sp³-hybridized carbons (Fsp3) is 0.250. The molecule has 30 heavy (non-hydrogen) atoms. The van der Waals surface area contributed by atoms with Gasteiger partial charge in [-0.1, -0.05) is 60.2 Å². The van der Waals surface area contributed by atoms with Crippen LogP contribution in [0.5, 0.6) is 0 Å². The highest BCUT2D eigenvalue weighted by atomic mass is 32.1. The minimum atomic E-state index is -0.552. The van der Waals surface area contributed by atoms with E-state index in [-0.39, 0.29) is 12.4 Å². The predicted molar refractivity (Wildman–Crippen MR) is 119 cm³/mol. The Balaban J connectivity index is 1.59. The molecule has 0 spiro atoms. The Bertz CT molecular complexity index is 1060. The second-order valence-corrected chi connectivity index (χ2v) is 8.68. The van der Waals surface area contributed by atoms with Crippen molar-refractivity contribution in [2.75, 3.05) is 18.9 Å². The molecule has 1 aromatic heterocycles. The molecular formula is C24H24N2O3S. The number of nitrogens with zero attached hydrogens (tertiary/aromatic N) is 1. The van der Waals surface area contributed by atoms with E-state index in [9.17, 15) is 9.59 Å². The molecule has 5 nitrogen and oxygen atoms in total. The van der Waals surface area contributed by atoms with Crippen molar-refractivity contribution in [2.45, 2.75) is 26.5 Å². The van der Waals surface area contributed by atoms with Gasteiger partial charge in [0.25, 0.3) is 0 Å². The standard InChI is InChI=1S/C24H24N2O3S/c1-16-8-10-18(11-9-16)22(27)21-19-12-13-26(2)14-20(19)30-23(21)25-24(28)29-15-17-6-4-3-5-7-17/h3-11H,12-15H2,1-2H3,(H,25,28). The van der Waals surface area contributed by atoms with E-state index in [0.29, 0.717) is 16.1 Å². The summed E-state index contributed by atoms with van der Waals surface area (Å²) in [6.45, 7) is 3.83. The molecule has 3 aromatic rings. The van der Waals surface area contributed by atoms with E-state index in [4.69, 9.17) is 4.74 Å². The first kappa shape index (κ1) is 20.3. The van der Waals surface area contributed by atoms with Crippen molar-refractivity contribution in [3.8, 4) is 0 Å². The molecule has 2 aromatic carbocycles. The molecule has 1 amide bonds. The van der Waals surface area contributed by atoms with Crippen LogP contribution >= 0.6 is 11.3 Å². The summed E-state index contributed by atoms with van der Waals surface area (Å²) < 4.78 is 5.38. The van der Waals surface area contributed by atoms with E-state index in [0.717, 1.165) is 41.1 Å². The van der Waals surface area contributed by atoms with Gasteiger partial charge in [0, 0.05) is 23.5 Å². The third-order valence-corrected chi connectivity index (χ3v) is 6.35. The van der Waals surface area contributed by atoms with Gasteiger partial charge in [-0.3, -0.25) is 10.1 Å². The molecule has 4 rings (SSSR count). The number of amides is 1. The van der Waals surface area contributed by atoms with E-state index >= 15 is 0 Å². The maximum absolute atomic E-state index is 13.4. The van der Waals surface area contributed by atoms with Crippen molar-refractivity contribution in [1.82, 2.24) is 4.90 Å². The molecule has 0 bridgehead atoms. The lowest BCUT2D eigenvalue weighted by Crippen LogP contribution is -2.26. The number of benzene rings is 2. The Kier molecular flexibility index (Phi) is 5.97. The molecule has 0 unspecified atom stereocenters. The SMILES string of the molecule is Cc1ccc(C(=O)c2c(NC(=O)OCc3ccccc3)sc3c2CCN(C)C3)cc1. The van der Waals surface area contributed by atoms with Gasteiger partial charge >= 0.3 is 6.09 Å². The summed E-state index contributed by atoms with van der Waals surface area (Å²) in [6, 6.07) is 17.1. The number of fused-ring (bicyclic) bond motifs is 1. The van der Waals surface area contributed by atoms with Gasteiger partial charge in [0.15, 0.2) is 5.78 Å². The van der Waals surface area contributed by atoms with E-state index in [2.05, 4.69) is 17.3 Å². The lowest BCUT2D eigenvalue weighted by atomic mass is 9.96. The third-order valence-electron chi connectivity index (χ3n) is 5.22. The summed E-state index contributed by atoms with van der Waals surface area (Å²) in [5, 5.41) is 3.40. The van der Waals surface area contributed by atoms with Gasteiger partial charge in [0.05, 0.1) is 5.56 Å². The summed E-state index contributed by atoms with van der Waals surface area (Å²) in [6.07, 6.45) is 0.236. The summed E-state index contributed by atoms with van der Waals surface area (Å²) in [5.74, 6) is -0.0598. The molecule has 0 fully saturated rings. The molecule has 0 saturated carbocycles. The van der Waals surface area contributed by atoms with Crippen LogP contribution < -0.4 is 5.32 Å². The van der Waals surface area contributed by atoms with E-state index in [1.807, 2.05) is 61.5 Å². The van der Waals surface area contributed by atoms with Crippen LogP contribution in [0.2, 0.25) is 0 Å². The van der Waals surface area contributed by atoms with E-state index < -0.39 is 6.09 Å². The molecule has 2 heterocycles. The highest BCUT2D eigenvalue weighted by Crippen LogP contribution is 2.38. The van der Waals surface area contributed by atoms with E-state index in [1.165, 1.54) is 11.3 Å². The fourth-order valence-corrected chi connectivity index (χ4v) is 4.87. The van der Waals surface area contributed by atoms with Crippen LogP contribution in [-0.2, 0) is 24.3 Å². The van der Waals surface area contributed by atoms with Crippen LogP contribution in [0.15, 0.2) is 54.6 Å². The van der Waals surface area contributed by atoms with Crippen molar-refractivity contribution < 1.29 is 14.3 Å². The average molecular weight is 421 g/mol. The Morgan fingerprint density at radius 1 is 1.10 bits per heavy atom. The van der Waals surface area contributed by atoms with Gasteiger partial charge in [0.1, 0.15) is 11.6 Å². The van der Waals surface area contributed by atoms with Crippen LogP contribution in [-0.4, -0.2) is 30.4 Å². The number of anilines is 1. The molecule has 1 aliphatic heterocycles. The number of nitrogens with one attached hydrogen (secondary N) is 1. The lowest BCUT2D eigenvalue weighted by molar-refractivity contribution is 0.103. The van der Waals surface area contributed by atoms with Gasteiger partial charge < -0.3 is 9.64 Å². The molecule has 154 valence electrons. The predicted octanol–water partition coefficient (Wildman–Crippen LogP) is 5.02. The van der Waals surface area contributed by atoms with Crippen molar-refractivity contribution >= 4 is 28.2 Å². The minimum absolute atomic E-state index is 0.0598. The lowest BCUT2D eigenvalue weighted by Gasteiger charge is -2.22. The summed E-state index contributed by atoms with van der Waals surface area (Å²) in [4.78, 5) is 29.2. The smallest absolute Gasteiger partial charge is 0.412 e. The molecule has 1 aliphatic rings. The number of carbonyl (C=O) groups is 2. The maximum atomic E-state index is 13.4. The zero-order valence-corrected chi connectivity index (χ0v) is 17.9. The van der Waals surface area contributed by atoms with Gasteiger partial charge in [0.2, 0.25) is 0 Å². The number of hydrogen-bond donors (Lipinski definition) is 1. The number of ketones is 1. The monoisotopic (exact) mass is 420 g/mol. The molecule has 0 atom stereocenters. The molecule has 0 radical (unpaired) electrons. The first-order valence-electron chi connectivity index (χ1n) is 9.93. The Morgan fingerprint density at radius 3 is 2.57 bits per heavy atom. The average Bonchev–Trinajstić information content (AvgIpc) is 3.09. The van der Waals surface area contributed by atoms with Crippen LogP contribution in [0.4, 0.5) is 9.80 Å². The van der Waals surface area contributed by atoms with Crippen LogP contribution in [0, 0.1) is 6.92 Å². The molecular weight excluding hydrogens is 396 g/mol. The first-order chi connectivity index (χ1) is 14.5. The fourth-order valence-electron chi connectivity index (χ4n) is 3.56. The number of aryl methyl sites for hydroxylation is 1. The zero-order chi connectivity index (χ0) is 21.1. The quantitative estimate of drug-likeness (QED) is 0.589. The van der Waals surface area contributed by atoms with Gasteiger partial charge in [-0.25, -0.2) is 4.79 Å². The summed E-state index contributed by atoms with van der Waals surface area (Å²) >= 11 is 1.47. The number of hydrogen-bond acceptors (Lipinski definition) is 5. The summed E-state index contributed by atoms with van der Waals surface area (Å²) in [7, 11) is 2.06. The van der Waals surface area contributed by atoms with E-state index in [1.54, 1.807) is 0 Å². The molecule has 0 saturated heterocycles. The van der Waals surface area contributed by atoms with Crippen molar-refractivity contribution in [3.63, 3.8) is 0 Å². The Labute approximate surface area is 180 Å². The van der Waals surface area contributed by atoms with Gasteiger partial charge in [-0.15, -0.1) is 11.3 Å². The summed E-state index contributed by atoms with van der Waals surface area (Å²) in [5.41, 5.74) is 4.28. The van der Waals surface area contributed by atoms with Crippen molar-refractivity contribution in [1.29, 1.82) is 0 Å². The van der Waals surface area contributed by atoms with Crippen molar-refractivity contribution in [3.05, 3.63) is 87.3 Å². The number of likely N-dealkylation sites (N-methyl/N-ethyl adjacent to an activating group) is 1. The van der Waals surface area contributed by atoms with Crippen LogP contribution in [0.25, 0.3) is 0 Å². The topological polar surface area (TPSA) is 58.6 Å². The Hall–Kier alpha value is -2.96. The van der Waals surface area contributed by atoms with Crippen LogP contribution in [0.1, 0.15) is 37.5 Å². The minimum Gasteiger partial charge on any atom is -0.444 e. The number of rotatable bonds is 5. The van der Waals surface area contributed by atoms with Gasteiger partial charge in [-0.2, -0.15) is 0 Å². The number of thiophene rings is 1. The Morgan fingerprint density at radius 2 is 1.83 bits per heavy atom. The second-order valence-electron chi connectivity index (χ2n) is 7.58. The maximum Gasteiger partial charge on any atom is 0.412 e. The largest absolute Gasteiger partial charge is 0.444 e. The molecule has 1 N–H and O–H groups in total.